The Balaban J connectivity index is 2.18. The quantitative estimate of drug-likeness (QED) is 0.0722. The third-order valence-electron chi connectivity index (χ3n) is 10.7. The predicted octanol–water partition coefficient (Wildman–Crippen LogP) is 13.7. The van der Waals surface area contributed by atoms with Gasteiger partial charge >= 0.3 is 0 Å². The van der Waals surface area contributed by atoms with E-state index in [1.165, 1.54) is 117 Å². The Morgan fingerprint density at radius 2 is 1.00 bits per heavy atom. The minimum atomic E-state index is 0.0539. The van der Waals surface area contributed by atoms with Crippen molar-refractivity contribution >= 4 is 0 Å². The largest absolute Gasteiger partial charge is 0.504 e. The van der Waals surface area contributed by atoms with Crippen LogP contribution < -0.4 is 9.47 Å². The molecule has 0 saturated carbocycles. The summed E-state index contributed by atoms with van der Waals surface area (Å²) in [5.41, 5.74) is 4.57. The van der Waals surface area contributed by atoms with Gasteiger partial charge < -0.3 is 19.7 Å². The number of phenolic OH excluding ortho intramolecular Hbond substituents is 2. The predicted molar refractivity (Wildman–Crippen MR) is 209 cm³/mol. The van der Waals surface area contributed by atoms with Crippen molar-refractivity contribution in [2.24, 2.45) is 29.6 Å². The maximum Gasteiger partial charge on any atom is 0.207 e. The average Bonchev–Trinajstić information content (AvgIpc) is 3.02. The second-order valence-corrected chi connectivity index (χ2v) is 16.1. The van der Waals surface area contributed by atoms with Gasteiger partial charge in [-0.05, 0) is 102 Å². The lowest BCUT2D eigenvalue weighted by Gasteiger charge is -2.19. The molecule has 0 fully saturated rings. The van der Waals surface area contributed by atoms with Crippen LogP contribution in [0.2, 0.25) is 0 Å². The van der Waals surface area contributed by atoms with E-state index in [1.807, 2.05) is 6.92 Å². The number of rotatable bonds is 27. The van der Waals surface area contributed by atoms with E-state index in [0.29, 0.717) is 17.9 Å². The van der Waals surface area contributed by atoms with E-state index in [2.05, 4.69) is 67.5 Å². The Bertz CT molecular complexity index is 1070. The van der Waals surface area contributed by atoms with Crippen LogP contribution in [0.1, 0.15) is 176 Å². The van der Waals surface area contributed by atoms with E-state index in [9.17, 15) is 10.2 Å². The van der Waals surface area contributed by atoms with Gasteiger partial charge in [-0.1, -0.05) is 129 Å². The molecule has 0 heterocycles. The zero-order valence-electron chi connectivity index (χ0n) is 33.5. The number of benzene rings is 1. The summed E-state index contributed by atoms with van der Waals surface area (Å²) >= 11 is 0. The van der Waals surface area contributed by atoms with Crippen molar-refractivity contribution in [3.05, 3.63) is 34.4 Å². The molecule has 4 unspecified atom stereocenters. The molecule has 4 heteroatoms. The van der Waals surface area contributed by atoms with Gasteiger partial charge in [-0.2, -0.15) is 0 Å². The molecule has 0 spiro atoms. The van der Waals surface area contributed by atoms with E-state index in [1.54, 1.807) is 11.1 Å². The van der Waals surface area contributed by atoms with Crippen LogP contribution >= 0.6 is 0 Å². The van der Waals surface area contributed by atoms with Gasteiger partial charge in [-0.25, -0.2) is 0 Å². The third kappa shape index (κ3) is 18.1. The first-order valence-electron chi connectivity index (χ1n) is 19.8. The molecule has 0 aromatic heterocycles. The Labute approximate surface area is 298 Å². The van der Waals surface area contributed by atoms with Crippen LogP contribution in [-0.2, 0) is 6.42 Å². The van der Waals surface area contributed by atoms with Crippen LogP contribution in [0.3, 0.4) is 0 Å². The molecular weight excluding hydrogens is 592 g/mol. The summed E-state index contributed by atoms with van der Waals surface area (Å²) in [6, 6.07) is 0. The molecule has 0 amide bonds. The maximum absolute atomic E-state index is 10.7. The lowest BCUT2D eigenvalue weighted by Crippen LogP contribution is -2.04. The number of allylic oxidation sites excluding steroid dienone is 4. The lowest BCUT2D eigenvalue weighted by atomic mass is 9.89. The molecule has 0 bridgehead atoms. The summed E-state index contributed by atoms with van der Waals surface area (Å²) in [5, 5.41) is 21.3. The number of aromatic hydroxyl groups is 2. The first-order chi connectivity index (χ1) is 22.8. The normalized spacial score (nSPS) is 15.1. The molecule has 1 rings (SSSR count). The van der Waals surface area contributed by atoms with Gasteiger partial charge in [0.05, 0.1) is 14.2 Å². The Kier molecular flexibility index (Phi) is 22.8. The van der Waals surface area contributed by atoms with Crippen LogP contribution in [0.5, 0.6) is 23.0 Å². The highest BCUT2D eigenvalue weighted by Gasteiger charge is 2.23. The van der Waals surface area contributed by atoms with Gasteiger partial charge in [0.1, 0.15) is 0 Å². The van der Waals surface area contributed by atoms with Crippen molar-refractivity contribution in [2.45, 2.75) is 178 Å². The molecule has 0 aliphatic heterocycles. The van der Waals surface area contributed by atoms with Crippen LogP contribution in [0.15, 0.2) is 23.3 Å². The van der Waals surface area contributed by atoms with Crippen molar-refractivity contribution in [1.29, 1.82) is 0 Å². The average molecular weight is 671 g/mol. The monoisotopic (exact) mass is 671 g/mol. The zero-order chi connectivity index (χ0) is 36.1. The first-order valence-corrected chi connectivity index (χ1v) is 19.8. The number of ether oxygens (including phenoxy) is 2. The molecule has 0 aliphatic carbocycles. The summed E-state index contributed by atoms with van der Waals surface area (Å²) in [4.78, 5) is 0. The Morgan fingerprint density at radius 1 is 0.562 bits per heavy atom. The summed E-state index contributed by atoms with van der Waals surface area (Å²) < 4.78 is 10.6. The van der Waals surface area contributed by atoms with E-state index < -0.39 is 0 Å². The molecule has 0 aliphatic rings. The molecule has 1 aromatic carbocycles. The molecule has 4 atom stereocenters. The van der Waals surface area contributed by atoms with Gasteiger partial charge in [-0.3, -0.25) is 0 Å². The third-order valence-corrected chi connectivity index (χ3v) is 10.7. The topological polar surface area (TPSA) is 58.9 Å². The smallest absolute Gasteiger partial charge is 0.207 e. The summed E-state index contributed by atoms with van der Waals surface area (Å²) in [6.45, 7) is 20.7. The molecule has 0 saturated heterocycles. The van der Waals surface area contributed by atoms with Crippen LogP contribution in [-0.4, -0.2) is 24.4 Å². The van der Waals surface area contributed by atoms with E-state index in [-0.39, 0.29) is 23.0 Å². The van der Waals surface area contributed by atoms with Gasteiger partial charge in [0.2, 0.25) is 11.5 Å². The fraction of sp³-hybridized carbons (Fsp3) is 0.773. The minimum Gasteiger partial charge on any atom is -0.504 e. The van der Waals surface area contributed by atoms with Crippen molar-refractivity contribution in [1.82, 2.24) is 0 Å². The van der Waals surface area contributed by atoms with Crippen molar-refractivity contribution in [2.75, 3.05) is 14.2 Å². The van der Waals surface area contributed by atoms with Gasteiger partial charge in [0.25, 0.3) is 0 Å². The fourth-order valence-corrected chi connectivity index (χ4v) is 7.09. The van der Waals surface area contributed by atoms with Gasteiger partial charge in [-0.15, -0.1) is 0 Å². The molecular formula is C44H78O4. The number of hydrogen-bond acceptors (Lipinski definition) is 4. The Morgan fingerprint density at radius 3 is 1.50 bits per heavy atom. The van der Waals surface area contributed by atoms with Crippen molar-refractivity contribution in [3.8, 4) is 23.0 Å². The molecule has 2 N–H and O–H groups in total. The van der Waals surface area contributed by atoms with Crippen LogP contribution in [0.25, 0.3) is 0 Å². The highest BCUT2D eigenvalue weighted by atomic mass is 16.5. The van der Waals surface area contributed by atoms with Crippen LogP contribution in [0, 0.1) is 36.5 Å². The van der Waals surface area contributed by atoms with Crippen LogP contribution in [0.4, 0.5) is 0 Å². The maximum atomic E-state index is 10.7. The number of hydrogen-bond donors (Lipinski definition) is 2. The Hall–Kier alpha value is -2.10. The second kappa shape index (κ2) is 24.9. The summed E-state index contributed by atoms with van der Waals surface area (Å²) in [7, 11) is 2.96. The van der Waals surface area contributed by atoms with Crippen molar-refractivity contribution < 1.29 is 19.7 Å². The van der Waals surface area contributed by atoms with E-state index in [0.717, 1.165) is 35.7 Å². The highest BCUT2D eigenvalue weighted by Crippen LogP contribution is 2.48. The molecule has 4 nitrogen and oxygen atoms in total. The van der Waals surface area contributed by atoms with Gasteiger partial charge in [0.15, 0.2) is 11.5 Å². The van der Waals surface area contributed by atoms with E-state index >= 15 is 0 Å². The van der Waals surface area contributed by atoms with E-state index in [4.69, 9.17) is 9.47 Å². The summed E-state index contributed by atoms with van der Waals surface area (Å²) in [6.07, 6.45) is 27.5. The standard InChI is InChI=1S/C44H78O4/c1-32(2)18-12-19-33(3)20-13-21-34(4)22-14-23-35(5)24-15-25-36(6)26-16-27-37(7)28-17-29-38(8)30-31-40-39(9)41(45)43(47-10)44(48-11)42(40)46/h20,22,32,35-38,45-46H,12-19,21,23-31H2,1-11H3/b33-20-,34-22-. The fourth-order valence-electron chi connectivity index (χ4n) is 7.09. The highest BCUT2D eigenvalue weighted by molar-refractivity contribution is 5.65. The second-order valence-electron chi connectivity index (χ2n) is 16.1. The first kappa shape index (κ1) is 43.9. The zero-order valence-corrected chi connectivity index (χ0v) is 33.5. The summed E-state index contributed by atoms with van der Waals surface area (Å²) in [5.74, 6) is 4.39. The minimum absolute atomic E-state index is 0.0539. The molecule has 0 radical (unpaired) electrons. The number of phenols is 2. The van der Waals surface area contributed by atoms with Crippen molar-refractivity contribution in [3.63, 3.8) is 0 Å². The molecule has 48 heavy (non-hydrogen) atoms. The van der Waals surface area contributed by atoms with Gasteiger partial charge in [0, 0.05) is 11.1 Å². The molecule has 1 aromatic rings. The number of methoxy groups -OCH3 is 2. The SMILES string of the molecule is COc1c(O)c(C)c(CCC(C)CCCC(C)CCCC(C)CCCC(C)CC/C=C(/C)CC/C=C(/C)CCCC(C)C)c(O)c1OC. The molecule has 278 valence electrons. The lowest BCUT2D eigenvalue weighted by molar-refractivity contribution is 0.313.